The first kappa shape index (κ1) is 9.92. The highest BCUT2D eigenvalue weighted by atomic mass is 16.5. The van der Waals surface area contributed by atoms with Gasteiger partial charge in [0.25, 0.3) is 0 Å². The number of hydrogen-bond acceptors (Lipinski definition) is 4. The van der Waals surface area contributed by atoms with Gasteiger partial charge < -0.3 is 20.1 Å². The van der Waals surface area contributed by atoms with Crippen molar-refractivity contribution < 1.29 is 20.1 Å². The van der Waals surface area contributed by atoms with Gasteiger partial charge in [0.1, 0.15) is 0 Å². The molecule has 0 spiro atoms. The van der Waals surface area contributed by atoms with Gasteiger partial charge in [-0.3, -0.25) is 0 Å². The Balaban J connectivity index is 2.52. The van der Waals surface area contributed by atoms with E-state index >= 15 is 0 Å². The van der Waals surface area contributed by atoms with Gasteiger partial charge >= 0.3 is 0 Å². The Morgan fingerprint density at radius 3 is 2.50 bits per heavy atom. The highest BCUT2D eigenvalue weighted by Gasteiger charge is 2.40. The molecule has 1 heterocycles. The summed E-state index contributed by atoms with van der Waals surface area (Å²) in [6.45, 7) is 1.71. The van der Waals surface area contributed by atoms with Crippen LogP contribution in [0.15, 0.2) is 0 Å². The van der Waals surface area contributed by atoms with Gasteiger partial charge in [0.05, 0.1) is 24.9 Å². The van der Waals surface area contributed by atoms with E-state index in [0.29, 0.717) is 6.42 Å². The summed E-state index contributed by atoms with van der Waals surface area (Å²) in [6, 6.07) is 0. The maximum absolute atomic E-state index is 9.49. The van der Waals surface area contributed by atoms with Crippen molar-refractivity contribution in [3.63, 3.8) is 0 Å². The van der Waals surface area contributed by atoms with Crippen LogP contribution in [-0.2, 0) is 4.74 Å². The van der Waals surface area contributed by atoms with E-state index in [0.717, 1.165) is 0 Å². The second-order valence-corrected chi connectivity index (χ2v) is 3.23. The Bertz CT molecular complexity index is 139. The molecule has 1 aliphatic heterocycles. The lowest BCUT2D eigenvalue weighted by molar-refractivity contribution is 0.0115. The average Bonchev–Trinajstić information content (AvgIpc) is 2.29. The monoisotopic (exact) mass is 176 g/mol. The van der Waals surface area contributed by atoms with Gasteiger partial charge in [0.2, 0.25) is 0 Å². The van der Waals surface area contributed by atoms with Crippen molar-refractivity contribution in [2.45, 2.75) is 31.7 Å². The fourth-order valence-electron chi connectivity index (χ4n) is 1.66. The SMILES string of the molecule is C[C@@H]1O[C@H](CCO)[C@H](CO)C1O. The summed E-state index contributed by atoms with van der Waals surface area (Å²) in [4.78, 5) is 0. The molecule has 72 valence electrons. The summed E-state index contributed by atoms with van der Waals surface area (Å²) < 4.78 is 5.35. The summed E-state index contributed by atoms with van der Waals surface area (Å²) >= 11 is 0. The van der Waals surface area contributed by atoms with Crippen molar-refractivity contribution in [3.05, 3.63) is 0 Å². The molecule has 0 radical (unpaired) electrons. The van der Waals surface area contributed by atoms with Crippen LogP contribution in [0.1, 0.15) is 13.3 Å². The summed E-state index contributed by atoms with van der Waals surface area (Å²) in [5.74, 6) is -0.243. The van der Waals surface area contributed by atoms with E-state index in [1.54, 1.807) is 6.92 Å². The van der Waals surface area contributed by atoms with Crippen molar-refractivity contribution in [2.75, 3.05) is 13.2 Å². The van der Waals surface area contributed by atoms with Crippen LogP contribution < -0.4 is 0 Å². The molecular formula is C8H16O4. The summed E-state index contributed by atoms with van der Waals surface area (Å²) in [7, 11) is 0. The Hall–Kier alpha value is -0.160. The molecule has 1 fully saturated rings. The van der Waals surface area contributed by atoms with E-state index in [9.17, 15) is 5.11 Å². The lowest BCUT2D eigenvalue weighted by Crippen LogP contribution is -2.29. The summed E-state index contributed by atoms with van der Waals surface area (Å²) in [5, 5.41) is 27.1. The Kier molecular flexibility index (Phi) is 3.46. The fraction of sp³-hybridized carbons (Fsp3) is 1.00. The number of aliphatic hydroxyl groups excluding tert-OH is 3. The van der Waals surface area contributed by atoms with Gasteiger partial charge in [-0.05, 0) is 13.3 Å². The van der Waals surface area contributed by atoms with E-state index in [1.165, 1.54) is 0 Å². The van der Waals surface area contributed by atoms with Crippen molar-refractivity contribution in [2.24, 2.45) is 5.92 Å². The van der Waals surface area contributed by atoms with Crippen molar-refractivity contribution in [1.29, 1.82) is 0 Å². The Morgan fingerprint density at radius 2 is 2.00 bits per heavy atom. The van der Waals surface area contributed by atoms with Crippen LogP contribution in [0.25, 0.3) is 0 Å². The second-order valence-electron chi connectivity index (χ2n) is 3.23. The zero-order valence-electron chi connectivity index (χ0n) is 7.18. The molecule has 3 N–H and O–H groups in total. The topological polar surface area (TPSA) is 69.9 Å². The van der Waals surface area contributed by atoms with Crippen LogP contribution in [0.4, 0.5) is 0 Å². The first-order valence-electron chi connectivity index (χ1n) is 4.26. The molecule has 4 heteroatoms. The smallest absolute Gasteiger partial charge is 0.0874 e. The van der Waals surface area contributed by atoms with Crippen molar-refractivity contribution >= 4 is 0 Å². The van der Waals surface area contributed by atoms with E-state index < -0.39 is 6.10 Å². The molecule has 4 nitrogen and oxygen atoms in total. The molecule has 1 unspecified atom stereocenters. The molecule has 0 aromatic rings. The number of ether oxygens (including phenoxy) is 1. The lowest BCUT2D eigenvalue weighted by atomic mass is 9.96. The quantitative estimate of drug-likeness (QED) is 0.522. The standard InChI is InChI=1S/C8H16O4/c1-5-8(11)6(4-10)7(12-5)2-3-9/h5-11H,2-4H2,1H3/t5-,6-,7+,8?/m0/s1. The molecule has 0 saturated carbocycles. The minimum atomic E-state index is -0.605. The predicted octanol–water partition coefficient (Wildman–Crippen LogP) is -0.875. The average molecular weight is 176 g/mol. The molecule has 12 heavy (non-hydrogen) atoms. The number of aliphatic hydroxyl groups is 3. The number of hydrogen-bond donors (Lipinski definition) is 3. The van der Waals surface area contributed by atoms with Crippen LogP contribution in [0, 0.1) is 5.92 Å². The molecule has 0 aromatic carbocycles. The molecule has 0 amide bonds. The first-order valence-corrected chi connectivity index (χ1v) is 4.26. The molecular weight excluding hydrogens is 160 g/mol. The van der Waals surface area contributed by atoms with Gasteiger partial charge in [-0.25, -0.2) is 0 Å². The molecule has 4 atom stereocenters. The normalized spacial score (nSPS) is 42.0. The highest BCUT2D eigenvalue weighted by molar-refractivity contribution is 4.87. The van der Waals surface area contributed by atoms with Gasteiger partial charge in [0, 0.05) is 12.5 Å². The molecule has 1 saturated heterocycles. The van der Waals surface area contributed by atoms with Gasteiger partial charge in [-0.2, -0.15) is 0 Å². The largest absolute Gasteiger partial charge is 0.396 e. The maximum Gasteiger partial charge on any atom is 0.0874 e. The van der Waals surface area contributed by atoms with Crippen LogP contribution in [0.5, 0.6) is 0 Å². The predicted molar refractivity (Wildman–Crippen MR) is 42.6 cm³/mol. The minimum Gasteiger partial charge on any atom is -0.396 e. The highest BCUT2D eigenvalue weighted by Crippen LogP contribution is 2.28. The van der Waals surface area contributed by atoms with E-state index in [1.807, 2.05) is 0 Å². The van der Waals surface area contributed by atoms with Crippen LogP contribution in [0.2, 0.25) is 0 Å². The third-order valence-corrected chi connectivity index (χ3v) is 2.41. The molecule has 1 aliphatic rings. The maximum atomic E-state index is 9.49. The zero-order valence-corrected chi connectivity index (χ0v) is 7.18. The van der Waals surface area contributed by atoms with E-state index in [2.05, 4.69) is 0 Å². The van der Waals surface area contributed by atoms with Crippen molar-refractivity contribution in [3.8, 4) is 0 Å². The zero-order chi connectivity index (χ0) is 9.14. The number of rotatable bonds is 3. The molecule has 0 bridgehead atoms. The molecule has 0 aromatic heterocycles. The minimum absolute atomic E-state index is 0.0284. The van der Waals surface area contributed by atoms with E-state index in [-0.39, 0.29) is 31.3 Å². The van der Waals surface area contributed by atoms with Crippen molar-refractivity contribution in [1.82, 2.24) is 0 Å². The molecule has 0 aliphatic carbocycles. The second kappa shape index (κ2) is 4.18. The van der Waals surface area contributed by atoms with Crippen LogP contribution in [-0.4, -0.2) is 46.8 Å². The van der Waals surface area contributed by atoms with Crippen LogP contribution in [0.3, 0.4) is 0 Å². The Morgan fingerprint density at radius 1 is 1.33 bits per heavy atom. The third kappa shape index (κ3) is 1.77. The summed E-state index contributed by atoms with van der Waals surface area (Å²) in [6.07, 6.45) is -0.567. The lowest BCUT2D eigenvalue weighted by Gasteiger charge is -2.16. The Labute approximate surface area is 71.8 Å². The third-order valence-electron chi connectivity index (χ3n) is 2.41. The van der Waals surface area contributed by atoms with E-state index in [4.69, 9.17) is 14.9 Å². The summed E-state index contributed by atoms with van der Waals surface area (Å²) in [5.41, 5.74) is 0. The van der Waals surface area contributed by atoms with Crippen LogP contribution >= 0.6 is 0 Å². The van der Waals surface area contributed by atoms with Gasteiger partial charge in [-0.1, -0.05) is 0 Å². The fourth-order valence-corrected chi connectivity index (χ4v) is 1.66. The first-order chi connectivity index (χ1) is 5.70. The van der Waals surface area contributed by atoms with Gasteiger partial charge in [0.15, 0.2) is 0 Å². The van der Waals surface area contributed by atoms with Gasteiger partial charge in [-0.15, -0.1) is 0 Å². The molecule has 1 rings (SSSR count).